The number of rotatable bonds is 6. The van der Waals surface area contributed by atoms with E-state index in [2.05, 4.69) is 0 Å². The fraction of sp³-hybridized carbons (Fsp3) is 0.833. The molecule has 0 aromatic heterocycles. The second kappa shape index (κ2) is 6.71. The van der Waals surface area contributed by atoms with Gasteiger partial charge in [-0.15, -0.1) is 0 Å². The third-order valence-corrected chi connectivity index (χ3v) is 3.05. The number of aliphatic hydroxyl groups excluding tert-OH is 1. The Morgan fingerprint density at radius 2 is 2.24 bits per heavy atom. The topological polar surface area (TPSA) is 60.9 Å². The number of likely N-dealkylation sites (tertiary alicyclic amines) is 1. The van der Waals surface area contributed by atoms with Crippen LogP contribution in [-0.2, 0) is 9.59 Å². The summed E-state index contributed by atoms with van der Waals surface area (Å²) in [5.41, 5.74) is 0. The van der Waals surface area contributed by atoms with Crippen LogP contribution in [0.15, 0.2) is 0 Å². The summed E-state index contributed by atoms with van der Waals surface area (Å²) >= 11 is 0. The fourth-order valence-corrected chi connectivity index (χ4v) is 1.96. The molecule has 2 amide bonds. The largest absolute Gasteiger partial charge is 0.396 e. The van der Waals surface area contributed by atoms with Gasteiger partial charge in [0.05, 0.1) is 6.54 Å². The molecule has 5 nitrogen and oxygen atoms in total. The molecular weight excluding hydrogens is 220 g/mol. The first-order valence-electron chi connectivity index (χ1n) is 6.24. The third kappa shape index (κ3) is 4.09. The van der Waals surface area contributed by atoms with Gasteiger partial charge in [-0.3, -0.25) is 19.4 Å². The van der Waals surface area contributed by atoms with E-state index in [0.717, 1.165) is 6.42 Å². The van der Waals surface area contributed by atoms with Gasteiger partial charge in [-0.25, -0.2) is 0 Å². The highest BCUT2D eigenvalue weighted by Gasteiger charge is 2.27. The van der Waals surface area contributed by atoms with E-state index in [4.69, 9.17) is 5.11 Å². The standard InChI is InChI=1S/C12H22N2O3/c1-10(2)13(6-4-8-15)9-12(17)14-7-3-5-11(14)16/h10,15H,3-9H2,1-2H3. The van der Waals surface area contributed by atoms with Gasteiger partial charge in [0, 0.05) is 32.2 Å². The molecule has 1 saturated heterocycles. The first-order chi connectivity index (χ1) is 8.06. The second-order valence-corrected chi connectivity index (χ2v) is 4.68. The Kier molecular flexibility index (Phi) is 5.58. The molecule has 17 heavy (non-hydrogen) atoms. The lowest BCUT2D eigenvalue weighted by Gasteiger charge is -2.27. The highest BCUT2D eigenvalue weighted by molar-refractivity contribution is 5.97. The van der Waals surface area contributed by atoms with Gasteiger partial charge in [0.1, 0.15) is 0 Å². The number of amides is 2. The number of carbonyl (C=O) groups excluding carboxylic acids is 2. The summed E-state index contributed by atoms with van der Waals surface area (Å²) < 4.78 is 0. The van der Waals surface area contributed by atoms with Crippen molar-refractivity contribution in [3.8, 4) is 0 Å². The van der Waals surface area contributed by atoms with Crippen LogP contribution in [0.5, 0.6) is 0 Å². The monoisotopic (exact) mass is 242 g/mol. The lowest BCUT2D eigenvalue weighted by atomic mass is 10.2. The van der Waals surface area contributed by atoms with Gasteiger partial charge >= 0.3 is 0 Å². The van der Waals surface area contributed by atoms with Gasteiger partial charge in [0.15, 0.2) is 0 Å². The highest BCUT2D eigenvalue weighted by Crippen LogP contribution is 2.11. The number of imide groups is 1. The smallest absolute Gasteiger partial charge is 0.243 e. The molecule has 98 valence electrons. The van der Waals surface area contributed by atoms with Crippen molar-refractivity contribution in [2.75, 3.05) is 26.2 Å². The molecule has 5 heteroatoms. The Morgan fingerprint density at radius 3 is 2.71 bits per heavy atom. The molecular formula is C12H22N2O3. The molecule has 0 radical (unpaired) electrons. The average Bonchev–Trinajstić information content (AvgIpc) is 2.70. The number of hydrogen-bond acceptors (Lipinski definition) is 4. The van der Waals surface area contributed by atoms with Gasteiger partial charge < -0.3 is 5.11 Å². The summed E-state index contributed by atoms with van der Waals surface area (Å²) in [6.07, 6.45) is 1.92. The number of nitrogens with zero attached hydrogens (tertiary/aromatic N) is 2. The highest BCUT2D eigenvalue weighted by atomic mass is 16.3. The van der Waals surface area contributed by atoms with Crippen LogP contribution in [0.3, 0.4) is 0 Å². The van der Waals surface area contributed by atoms with Crippen LogP contribution in [0, 0.1) is 0 Å². The second-order valence-electron chi connectivity index (χ2n) is 4.68. The van der Waals surface area contributed by atoms with Gasteiger partial charge in [0.2, 0.25) is 11.8 Å². The van der Waals surface area contributed by atoms with Crippen LogP contribution in [0.2, 0.25) is 0 Å². The third-order valence-electron chi connectivity index (χ3n) is 3.05. The zero-order valence-electron chi connectivity index (χ0n) is 10.7. The molecule has 0 aromatic rings. The molecule has 0 aliphatic carbocycles. The molecule has 1 aliphatic rings. The Labute approximate surface area is 102 Å². The van der Waals surface area contributed by atoms with E-state index in [1.54, 1.807) is 0 Å². The van der Waals surface area contributed by atoms with E-state index in [0.29, 0.717) is 25.9 Å². The molecule has 0 unspecified atom stereocenters. The van der Waals surface area contributed by atoms with Gasteiger partial charge in [0.25, 0.3) is 0 Å². The van der Waals surface area contributed by atoms with Crippen LogP contribution in [0.4, 0.5) is 0 Å². The van der Waals surface area contributed by atoms with Crippen LogP contribution in [-0.4, -0.2) is 59.0 Å². The van der Waals surface area contributed by atoms with E-state index in [-0.39, 0.29) is 31.0 Å². The first-order valence-corrected chi connectivity index (χ1v) is 6.24. The van der Waals surface area contributed by atoms with Gasteiger partial charge in [-0.2, -0.15) is 0 Å². The normalized spacial score (nSPS) is 16.3. The van der Waals surface area contributed by atoms with Crippen molar-refractivity contribution in [1.29, 1.82) is 0 Å². The fourth-order valence-electron chi connectivity index (χ4n) is 1.96. The molecule has 1 aliphatic heterocycles. The summed E-state index contributed by atoms with van der Waals surface area (Å²) in [4.78, 5) is 26.7. The Balaban J connectivity index is 2.48. The molecule has 0 bridgehead atoms. The summed E-state index contributed by atoms with van der Waals surface area (Å²) in [5.74, 6) is -0.167. The summed E-state index contributed by atoms with van der Waals surface area (Å²) in [6, 6.07) is 0.239. The predicted molar refractivity (Wildman–Crippen MR) is 64.4 cm³/mol. The van der Waals surface area contributed by atoms with E-state index in [1.807, 2.05) is 18.7 Å². The van der Waals surface area contributed by atoms with Crippen molar-refractivity contribution >= 4 is 11.8 Å². The van der Waals surface area contributed by atoms with E-state index in [9.17, 15) is 9.59 Å². The van der Waals surface area contributed by atoms with E-state index >= 15 is 0 Å². The molecule has 0 atom stereocenters. The van der Waals surface area contributed by atoms with Crippen molar-refractivity contribution in [2.24, 2.45) is 0 Å². The quantitative estimate of drug-likeness (QED) is 0.724. The van der Waals surface area contributed by atoms with E-state index < -0.39 is 0 Å². The number of aliphatic hydroxyl groups is 1. The van der Waals surface area contributed by atoms with Gasteiger partial charge in [-0.05, 0) is 26.7 Å². The molecule has 0 saturated carbocycles. The first kappa shape index (κ1) is 14.1. The summed E-state index contributed by atoms with van der Waals surface area (Å²) in [5, 5.41) is 8.81. The molecule has 1 fully saturated rings. The van der Waals surface area contributed by atoms with Crippen molar-refractivity contribution in [2.45, 2.75) is 39.2 Å². The maximum absolute atomic E-state index is 11.9. The average molecular weight is 242 g/mol. The minimum absolute atomic E-state index is 0.0548. The zero-order chi connectivity index (χ0) is 12.8. The minimum atomic E-state index is -0.112. The molecule has 1 N–H and O–H groups in total. The molecule has 1 rings (SSSR count). The number of carbonyl (C=O) groups is 2. The maximum atomic E-state index is 11.9. The Hall–Kier alpha value is -0.940. The molecule has 0 aromatic carbocycles. The SMILES string of the molecule is CC(C)N(CCCO)CC(=O)N1CCCC1=O. The number of hydrogen-bond donors (Lipinski definition) is 1. The summed E-state index contributed by atoms with van der Waals surface area (Å²) in [7, 11) is 0. The lowest BCUT2D eigenvalue weighted by molar-refractivity contribution is -0.142. The Bertz CT molecular complexity index is 279. The van der Waals surface area contributed by atoms with Crippen molar-refractivity contribution in [3.05, 3.63) is 0 Å². The van der Waals surface area contributed by atoms with Crippen LogP contribution >= 0.6 is 0 Å². The lowest BCUT2D eigenvalue weighted by Crippen LogP contribution is -2.44. The molecule has 1 heterocycles. The van der Waals surface area contributed by atoms with Crippen LogP contribution in [0.1, 0.15) is 33.1 Å². The van der Waals surface area contributed by atoms with Crippen molar-refractivity contribution in [1.82, 2.24) is 9.80 Å². The molecule has 0 spiro atoms. The van der Waals surface area contributed by atoms with Crippen LogP contribution in [0.25, 0.3) is 0 Å². The zero-order valence-corrected chi connectivity index (χ0v) is 10.7. The van der Waals surface area contributed by atoms with Crippen molar-refractivity contribution in [3.63, 3.8) is 0 Å². The van der Waals surface area contributed by atoms with Gasteiger partial charge in [-0.1, -0.05) is 0 Å². The van der Waals surface area contributed by atoms with Crippen molar-refractivity contribution < 1.29 is 14.7 Å². The van der Waals surface area contributed by atoms with E-state index in [1.165, 1.54) is 4.90 Å². The van der Waals surface area contributed by atoms with Crippen LogP contribution < -0.4 is 0 Å². The minimum Gasteiger partial charge on any atom is -0.396 e. The summed E-state index contributed by atoms with van der Waals surface area (Å²) in [6.45, 7) is 5.65. The predicted octanol–water partition coefficient (Wildman–Crippen LogP) is 0.228. The maximum Gasteiger partial charge on any atom is 0.243 e. The Morgan fingerprint density at radius 1 is 1.53 bits per heavy atom.